The third-order valence-corrected chi connectivity index (χ3v) is 4.73. The van der Waals surface area contributed by atoms with E-state index in [1.165, 1.54) is 0 Å². The highest BCUT2D eigenvalue weighted by Crippen LogP contribution is 2.13. The molecule has 2 heterocycles. The maximum atomic E-state index is 12.2. The van der Waals surface area contributed by atoms with Gasteiger partial charge in [-0.3, -0.25) is 0 Å². The molecule has 0 bridgehead atoms. The monoisotopic (exact) mass is 341 g/mol. The molecule has 1 aromatic carbocycles. The lowest BCUT2D eigenvalue weighted by molar-refractivity contribution is 0.161. The van der Waals surface area contributed by atoms with Gasteiger partial charge in [-0.25, -0.2) is 9.48 Å². The SMILES string of the molecule is CC(C)N1CCC(NC(=O)NCc2cccc(-n3cccn3)c2)CC1. The molecule has 0 atom stereocenters. The summed E-state index contributed by atoms with van der Waals surface area (Å²) in [6.07, 6.45) is 5.69. The Labute approximate surface area is 149 Å². The van der Waals surface area contributed by atoms with E-state index in [4.69, 9.17) is 0 Å². The minimum Gasteiger partial charge on any atom is -0.335 e. The number of carbonyl (C=O) groups excluding carboxylic acids is 1. The quantitative estimate of drug-likeness (QED) is 0.878. The average Bonchev–Trinajstić information content (AvgIpc) is 3.15. The van der Waals surface area contributed by atoms with Crippen LogP contribution in [0.1, 0.15) is 32.3 Å². The molecule has 6 heteroatoms. The van der Waals surface area contributed by atoms with Crippen molar-refractivity contribution in [1.29, 1.82) is 0 Å². The highest BCUT2D eigenvalue weighted by atomic mass is 16.2. The van der Waals surface area contributed by atoms with Gasteiger partial charge in [-0.2, -0.15) is 5.10 Å². The number of amides is 2. The van der Waals surface area contributed by atoms with E-state index in [0.29, 0.717) is 12.6 Å². The number of rotatable bonds is 5. The Balaban J connectivity index is 1.46. The Hall–Kier alpha value is -2.34. The summed E-state index contributed by atoms with van der Waals surface area (Å²) in [5, 5.41) is 10.3. The summed E-state index contributed by atoms with van der Waals surface area (Å²) in [5.41, 5.74) is 2.04. The predicted molar refractivity (Wildman–Crippen MR) is 98.7 cm³/mol. The molecule has 0 radical (unpaired) electrons. The van der Waals surface area contributed by atoms with Crippen LogP contribution >= 0.6 is 0 Å². The Morgan fingerprint density at radius 1 is 1.28 bits per heavy atom. The topological polar surface area (TPSA) is 62.2 Å². The Morgan fingerprint density at radius 3 is 2.76 bits per heavy atom. The van der Waals surface area contributed by atoms with Crippen molar-refractivity contribution >= 4 is 6.03 Å². The fourth-order valence-corrected chi connectivity index (χ4v) is 3.21. The largest absolute Gasteiger partial charge is 0.335 e. The normalized spacial score (nSPS) is 16.1. The maximum absolute atomic E-state index is 12.2. The van der Waals surface area contributed by atoms with Crippen molar-refractivity contribution in [3.63, 3.8) is 0 Å². The second-order valence-corrected chi connectivity index (χ2v) is 6.85. The Bertz CT molecular complexity index is 675. The van der Waals surface area contributed by atoms with Gasteiger partial charge in [0.15, 0.2) is 0 Å². The molecule has 0 saturated carbocycles. The molecule has 1 aliphatic heterocycles. The first kappa shape index (κ1) is 17.5. The molecular weight excluding hydrogens is 314 g/mol. The minimum atomic E-state index is -0.0903. The molecule has 2 N–H and O–H groups in total. The lowest BCUT2D eigenvalue weighted by Gasteiger charge is -2.34. The van der Waals surface area contributed by atoms with Gasteiger partial charge < -0.3 is 15.5 Å². The third-order valence-electron chi connectivity index (χ3n) is 4.73. The van der Waals surface area contributed by atoms with Crippen molar-refractivity contribution in [2.45, 2.75) is 45.3 Å². The summed E-state index contributed by atoms with van der Waals surface area (Å²) in [7, 11) is 0. The molecule has 6 nitrogen and oxygen atoms in total. The zero-order valence-electron chi connectivity index (χ0n) is 15.0. The first-order valence-corrected chi connectivity index (χ1v) is 8.99. The molecule has 0 aliphatic carbocycles. The van der Waals surface area contributed by atoms with Crippen LogP contribution in [-0.4, -0.2) is 45.9 Å². The van der Waals surface area contributed by atoms with E-state index >= 15 is 0 Å². The summed E-state index contributed by atoms with van der Waals surface area (Å²) in [4.78, 5) is 14.6. The smallest absolute Gasteiger partial charge is 0.315 e. The van der Waals surface area contributed by atoms with Gasteiger partial charge in [-0.15, -0.1) is 0 Å². The zero-order chi connectivity index (χ0) is 17.6. The van der Waals surface area contributed by atoms with Crippen LogP contribution in [0.15, 0.2) is 42.7 Å². The number of benzene rings is 1. The van der Waals surface area contributed by atoms with Crippen LogP contribution in [0, 0.1) is 0 Å². The van der Waals surface area contributed by atoms with Crippen LogP contribution in [0.2, 0.25) is 0 Å². The highest BCUT2D eigenvalue weighted by molar-refractivity contribution is 5.74. The Morgan fingerprint density at radius 2 is 2.08 bits per heavy atom. The van der Waals surface area contributed by atoms with Crippen LogP contribution < -0.4 is 10.6 Å². The fraction of sp³-hybridized carbons (Fsp3) is 0.474. The highest BCUT2D eigenvalue weighted by Gasteiger charge is 2.21. The lowest BCUT2D eigenvalue weighted by Crippen LogP contribution is -2.49. The van der Waals surface area contributed by atoms with Gasteiger partial charge >= 0.3 is 6.03 Å². The van der Waals surface area contributed by atoms with Gasteiger partial charge in [0.1, 0.15) is 0 Å². The molecule has 1 saturated heterocycles. The summed E-state index contributed by atoms with van der Waals surface area (Å²) in [6, 6.07) is 10.7. The first-order valence-electron chi connectivity index (χ1n) is 8.99. The average molecular weight is 341 g/mol. The van der Waals surface area contributed by atoms with Crippen molar-refractivity contribution in [3.8, 4) is 5.69 Å². The standard InChI is InChI=1S/C19H27N5O/c1-15(2)23-11-7-17(8-12-23)22-19(25)20-14-16-5-3-6-18(13-16)24-10-4-9-21-24/h3-6,9-10,13,15,17H,7-8,11-12,14H2,1-2H3,(H2,20,22,25). The van der Waals surface area contributed by atoms with Crippen molar-refractivity contribution in [2.75, 3.05) is 13.1 Å². The maximum Gasteiger partial charge on any atom is 0.315 e. The third kappa shape index (κ3) is 4.82. The second kappa shape index (κ2) is 8.16. The van der Waals surface area contributed by atoms with Crippen LogP contribution in [-0.2, 0) is 6.54 Å². The molecular formula is C19H27N5O. The molecule has 0 spiro atoms. The Kier molecular flexibility index (Phi) is 5.71. The molecule has 1 aliphatic rings. The number of likely N-dealkylation sites (tertiary alicyclic amines) is 1. The van der Waals surface area contributed by atoms with E-state index in [1.807, 2.05) is 41.2 Å². The van der Waals surface area contributed by atoms with Crippen molar-refractivity contribution in [1.82, 2.24) is 25.3 Å². The van der Waals surface area contributed by atoms with Gasteiger partial charge in [-0.05, 0) is 50.5 Å². The van der Waals surface area contributed by atoms with E-state index in [-0.39, 0.29) is 12.1 Å². The van der Waals surface area contributed by atoms with Gasteiger partial charge in [0.05, 0.1) is 5.69 Å². The zero-order valence-corrected chi connectivity index (χ0v) is 15.0. The van der Waals surface area contributed by atoms with Gasteiger partial charge in [0, 0.05) is 44.1 Å². The van der Waals surface area contributed by atoms with Crippen LogP contribution in [0.4, 0.5) is 4.79 Å². The van der Waals surface area contributed by atoms with Crippen LogP contribution in [0.25, 0.3) is 5.69 Å². The molecule has 3 rings (SSSR count). The molecule has 2 amide bonds. The summed E-state index contributed by atoms with van der Waals surface area (Å²) >= 11 is 0. The van der Waals surface area contributed by atoms with E-state index in [2.05, 4.69) is 34.5 Å². The molecule has 2 aromatic rings. The number of nitrogens with one attached hydrogen (secondary N) is 2. The number of piperidine rings is 1. The van der Waals surface area contributed by atoms with E-state index in [0.717, 1.165) is 37.2 Å². The number of carbonyl (C=O) groups is 1. The molecule has 1 fully saturated rings. The minimum absolute atomic E-state index is 0.0903. The van der Waals surface area contributed by atoms with Gasteiger partial charge in [0.2, 0.25) is 0 Å². The van der Waals surface area contributed by atoms with Crippen LogP contribution in [0.5, 0.6) is 0 Å². The predicted octanol–water partition coefficient (Wildman–Crippen LogP) is 2.54. The van der Waals surface area contributed by atoms with Crippen LogP contribution in [0.3, 0.4) is 0 Å². The van der Waals surface area contributed by atoms with Gasteiger partial charge in [-0.1, -0.05) is 12.1 Å². The van der Waals surface area contributed by atoms with Crippen molar-refractivity contribution < 1.29 is 4.79 Å². The molecule has 25 heavy (non-hydrogen) atoms. The summed E-state index contributed by atoms with van der Waals surface area (Å²) < 4.78 is 1.81. The lowest BCUT2D eigenvalue weighted by atomic mass is 10.0. The van der Waals surface area contributed by atoms with E-state index in [9.17, 15) is 4.79 Å². The van der Waals surface area contributed by atoms with Crippen molar-refractivity contribution in [3.05, 3.63) is 48.3 Å². The second-order valence-electron chi connectivity index (χ2n) is 6.85. The number of nitrogens with zero attached hydrogens (tertiary/aromatic N) is 3. The summed E-state index contributed by atoms with van der Waals surface area (Å²) in [6.45, 7) is 7.05. The van der Waals surface area contributed by atoms with Crippen molar-refractivity contribution in [2.24, 2.45) is 0 Å². The number of aromatic nitrogens is 2. The fourth-order valence-electron chi connectivity index (χ4n) is 3.21. The van der Waals surface area contributed by atoms with E-state index < -0.39 is 0 Å². The molecule has 0 unspecified atom stereocenters. The number of urea groups is 1. The van der Waals surface area contributed by atoms with Gasteiger partial charge in [0.25, 0.3) is 0 Å². The first-order chi connectivity index (χ1) is 12.1. The number of hydrogen-bond acceptors (Lipinski definition) is 3. The molecule has 134 valence electrons. The van der Waals surface area contributed by atoms with E-state index in [1.54, 1.807) is 6.20 Å². The number of hydrogen-bond donors (Lipinski definition) is 2. The molecule has 1 aromatic heterocycles. The summed E-state index contributed by atoms with van der Waals surface area (Å²) in [5.74, 6) is 0.